The molecule has 2 nitrogen and oxygen atoms in total. The highest BCUT2D eigenvalue weighted by Crippen LogP contribution is 2.18. The lowest BCUT2D eigenvalue weighted by Gasteiger charge is -2.05. The van der Waals surface area contributed by atoms with Crippen LogP contribution >= 0.6 is 0 Å². The van der Waals surface area contributed by atoms with E-state index in [9.17, 15) is 0 Å². The van der Waals surface area contributed by atoms with Gasteiger partial charge in [-0.15, -0.1) is 0 Å². The first kappa shape index (κ1) is 19.6. The molecule has 0 spiro atoms. The molecule has 0 unspecified atom stereocenters. The smallest absolute Gasteiger partial charge is 0.0888 e. The van der Waals surface area contributed by atoms with Crippen molar-refractivity contribution in [2.45, 2.75) is 84.5 Å². The fourth-order valence-electron chi connectivity index (χ4n) is 3.26. The fraction of sp³-hybridized carbons (Fsp3) is 0.565. The van der Waals surface area contributed by atoms with Crippen LogP contribution in [0.5, 0.6) is 0 Å². The zero-order chi connectivity index (χ0) is 17.7. The van der Waals surface area contributed by atoms with E-state index in [2.05, 4.69) is 42.0 Å². The third kappa shape index (κ3) is 7.81. The van der Waals surface area contributed by atoms with Crippen LogP contribution in [-0.2, 0) is 6.42 Å². The highest BCUT2D eigenvalue weighted by atomic mass is 14.8. The Morgan fingerprint density at radius 1 is 0.680 bits per heavy atom. The highest BCUT2D eigenvalue weighted by molar-refractivity contribution is 5.55. The molecule has 0 saturated heterocycles. The zero-order valence-electron chi connectivity index (χ0n) is 16.1. The third-order valence-electron chi connectivity index (χ3n) is 4.82. The molecule has 136 valence electrons. The number of hydrogen-bond acceptors (Lipinski definition) is 2. The molecule has 0 fully saturated rings. The summed E-state index contributed by atoms with van der Waals surface area (Å²) in [4.78, 5) is 8.93. The lowest BCUT2D eigenvalue weighted by Crippen LogP contribution is -1.92. The van der Waals surface area contributed by atoms with Crippen LogP contribution in [0.3, 0.4) is 0 Å². The molecular formula is C23H34N2. The normalized spacial score (nSPS) is 11.0. The van der Waals surface area contributed by atoms with Crippen molar-refractivity contribution >= 4 is 0 Å². The topological polar surface area (TPSA) is 25.8 Å². The number of pyridine rings is 2. The van der Waals surface area contributed by atoms with Gasteiger partial charge in [-0.3, -0.25) is 9.97 Å². The van der Waals surface area contributed by atoms with E-state index < -0.39 is 0 Å². The van der Waals surface area contributed by atoms with E-state index in [1.807, 2.05) is 18.5 Å². The summed E-state index contributed by atoms with van der Waals surface area (Å²) in [6, 6.07) is 8.48. The van der Waals surface area contributed by atoms with Crippen molar-refractivity contribution in [2.24, 2.45) is 0 Å². The second kappa shape index (κ2) is 11.8. The van der Waals surface area contributed by atoms with Crippen molar-refractivity contribution < 1.29 is 0 Å². The Morgan fingerprint density at radius 3 is 1.88 bits per heavy atom. The van der Waals surface area contributed by atoms with Gasteiger partial charge in [0.25, 0.3) is 0 Å². The molecule has 2 heterocycles. The maximum atomic E-state index is 4.49. The largest absolute Gasteiger partial charge is 0.255 e. The van der Waals surface area contributed by atoms with Crippen molar-refractivity contribution in [1.82, 2.24) is 9.97 Å². The summed E-state index contributed by atoms with van der Waals surface area (Å²) >= 11 is 0. The second-order valence-corrected chi connectivity index (χ2v) is 7.20. The van der Waals surface area contributed by atoms with Crippen molar-refractivity contribution in [3.05, 3.63) is 47.8 Å². The number of nitrogens with zero attached hydrogens (tertiary/aromatic N) is 2. The van der Waals surface area contributed by atoms with Gasteiger partial charge in [0, 0.05) is 12.4 Å². The summed E-state index contributed by atoms with van der Waals surface area (Å²) in [7, 11) is 0. The van der Waals surface area contributed by atoms with E-state index in [4.69, 9.17) is 0 Å². The van der Waals surface area contributed by atoms with E-state index in [1.165, 1.54) is 75.3 Å². The Hall–Kier alpha value is -1.70. The Bertz CT molecular complexity index is 607. The van der Waals surface area contributed by atoms with Gasteiger partial charge in [0.2, 0.25) is 0 Å². The number of aryl methyl sites for hydroxylation is 2. The minimum Gasteiger partial charge on any atom is -0.255 e. The number of hydrogen-bond donors (Lipinski definition) is 0. The van der Waals surface area contributed by atoms with Crippen LogP contribution < -0.4 is 0 Å². The van der Waals surface area contributed by atoms with E-state index in [0.29, 0.717) is 0 Å². The van der Waals surface area contributed by atoms with Crippen molar-refractivity contribution in [3.63, 3.8) is 0 Å². The minimum atomic E-state index is 0.977. The van der Waals surface area contributed by atoms with Crippen molar-refractivity contribution in [1.29, 1.82) is 0 Å². The first-order valence-electron chi connectivity index (χ1n) is 10.2. The molecule has 0 radical (unpaired) electrons. The van der Waals surface area contributed by atoms with Crippen LogP contribution in [-0.4, -0.2) is 9.97 Å². The lowest BCUT2D eigenvalue weighted by molar-refractivity contribution is 0.556. The molecule has 25 heavy (non-hydrogen) atoms. The van der Waals surface area contributed by atoms with Crippen LogP contribution in [0, 0.1) is 6.92 Å². The van der Waals surface area contributed by atoms with Crippen LogP contribution in [0.4, 0.5) is 0 Å². The quantitative estimate of drug-likeness (QED) is 0.393. The molecule has 0 bridgehead atoms. The molecule has 2 aromatic heterocycles. The molecule has 0 saturated carbocycles. The summed E-state index contributed by atoms with van der Waals surface area (Å²) in [6.07, 6.45) is 18.8. The number of aromatic nitrogens is 2. The third-order valence-corrected chi connectivity index (χ3v) is 4.82. The standard InChI is InChI=1S/C23H34N2/c1-3-4-5-6-7-8-9-10-11-12-13-21-15-17-25-23(19-21)22-18-20(2)14-16-24-22/h14-19H,3-13H2,1-2H3. The molecular weight excluding hydrogens is 304 g/mol. The predicted octanol–water partition coefficient (Wildman–Crippen LogP) is 6.92. The highest BCUT2D eigenvalue weighted by Gasteiger charge is 2.03. The molecule has 2 rings (SSSR count). The second-order valence-electron chi connectivity index (χ2n) is 7.20. The summed E-state index contributed by atoms with van der Waals surface area (Å²) in [5.41, 5.74) is 4.58. The SMILES string of the molecule is CCCCCCCCCCCCc1ccnc(-c2cc(C)ccn2)c1. The number of rotatable bonds is 12. The van der Waals surface area contributed by atoms with Crippen LogP contribution in [0.2, 0.25) is 0 Å². The zero-order valence-corrected chi connectivity index (χ0v) is 16.1. The van der Waals surface area contributed by atoms with Crippen molar-refractivity contribution in [2.75, 3.05) is 0 Å². The first-order chi connectivity index (χ1) is 12.3. The lowest BCUT2D eigenvalue weighted by atomic mass is 10.0. The van der Waals surface area contributed by atoms with Gasteiger partial charge in [-0.2, -0.15) is 0 Å². The Kier molecular flexibility index (Phi) is 9.25. The molecule has 0 aliphatic heterocycles. The van der Waals surface area contributed by atoms with Gasteiger partial charge in [0.15, 0.2) is 0 Å². The van der Waals surface area contributed by atoms with Crippen molar-refractivity contribution in [3.8, 4) is 11.4 Å². The fourth-order valence-corrected chi connectivity index (χ4v) is 3.26. The summed E-state index contributed by atoms with van der Waals surface area (Å²) in [5.74, 6) is 0. The van der Waals surface area contributed by atoms with Gasteiger partial charge in [0.05, 0.1) is 11.4 Å². The maximum Gasteiger partial charge on any atom is 0.0888 e. The van der Waals surface area contributed by atoms with Gasteiger partial charge in [-0.05, 0) is 55.2 Å². The predicted molar refractivity (Wildman–Crippen MR) is 108 cm³/mol. The molecule has 0 amide bonds. The maximum absolute atomic E-state index is 4.49. The Balaban J connectivity index is 1.64. The summed E-state index contributed by atoms with van der Waals surface area (Å²) < 4.78 is 0. The van der Waals surface area contributed by atoms with E-state index in [0.717, 1.165) is 17.8 Å². The first-order valence-corrected chi connectivity index (χ1v) is 10.2. The van der Waals surface area contributed by atoms with Gasteiger partial charge >= 0.3 is 0 Å². The summed E-state index contributed by atoms with van der Waals surface area (Å²) in [5, 5.41) is 0. The van der Waals surface area contributed by atoms with E-state index in [1.54, 1.807) is 0 Å². The van der Waals surface area contributed by atoms with Gasteiger partial charge in [-0.25, -0.2) is 0 Å². The molecule has 0 N–H and O–H groups in total. The molecule has 0 atom stereocenters. The van der Waals surface area contributed by atoms with E-state index >= 15 is 0 Å². The van der Waals surface area contributed by atoms with Gasteiger partial charge in [-0.1, -0.05) is 64.7 Å². The summed E-state index contributed by atoms with van der Waals surface area (Å²) in [6.45, 7) is 4.38. The van der Waals surface area contributed by atoms with E-state index in [-0.39, 0.29) is 0 Å². The monoisotopic (exact) mass is 338 g/mol. The molecule has 2 aromatic rings. The van der Waals surface area contributed by atoms with Crippen LogP contribution in [0.1, 0.15) is 82.3 Å². The van der Waals surface area contributed by atoms with Crippen LogP contribution in [0.25, 0.3) is 11.4 Å². The Morgan fingerprint density at radius 2 is 1.24 bits per heavy atom. The van der Waals surface area contributed by atoms with Gasteiger partial charge < -0.3 is 0 Å². The average molecular weight is 339 g/mol. The molecule has 0 aliphatic rings. The Labute approximate surface area is 154 Å². The molecule has 2 heteroatoms. The minimum absolute atomic E-state index is 0.977. The molecule has 0 aliphatic carbocycles. The average Bonchev–Trinajstić information content (AvgIpc) is 2.63. The number of unbranched alkanes of at least 4 members (excludes halogenated alkanes) is 9. The molecule has 0 aromatic carbocycles. The van der Waals surface area contributed by atoms with Gasteiger partial charge in [0.1, 0.15) is 0 Å². The van der Waals surface area contributed by atoms with Crippen LogP contribution in [0.15, 0.2) is 36.7 Å².